The molecule has 0 radical (unpaired) electrons. The molecule has 0 saturated carbocycles. The summed E-state index contributed by atoms with van der Waals surface area (Å²) in [6.45, 7) is 7.18. The molecule has 1 aromatic heterocycles. The van der Waals surface area contributed by atoms with Gasteiger partial charge in [-0.2, -0.15) is 4.98 Å². The predicted molar refractivity (Wildman–Crippen MR) is 93.4 cm³/mol. The van der Waals surface area contributed by atoms with Gasteiger partial charge in [0.25, 0.3) is 0 Å². The van der Waals surface area contributed by atoms with Gasteiger partial charge < -0.3 is 19.9 Å². The van der Waals surface area contributed by atoms with Gasteiger partial charge in [-0.1, -0.05) is 17.3 Å². The molecule has 1 heterocycles. The van der Waals surface area contributed by atoms with Crippen LogP contribution in [0.2, 0.25) is 0 Å². The molecule has 130 valence electrons. The fourth-order valence-corrected chi connectivity index (χ4v) is 2.15. The van der Waals surface area contributed by atoms with Crippen molar-refractivity contribution in [1.82, 2.24) is 20.8 Å². The lowest BCUT2D eigenvalue weighted by Gasteiger charge is -2.17. The van der Waals surface area contributed by atoms with Crippen LogP contribution in [-0.2, 0) is 6.42 Å². The van der Waals surface area contributed by atoms with Crippen molar-refractivity contribution in [2.75, 3.05) is 20.1 Å². The zero-order valence-electron chi connectivity index (χ0n) is 14.7. The second-order valence-corrected chi connectivity index (χ2v) is 5.61. The van der Waals surface area contributed by atoms with E-state index in [1.807, 2.05) is 38.1 Å². The molecule has 2 aromatic rings. The van der Waals surface area contributed by atoms with E-state index >= 15 is 0 Å². The summed E-state index contributed by atoms with van der Waals surface area (Å²) in [5, 5.41) is 10.2. The van der Waals surface area contributed by atoms with Crippen LogP contribution in [0.15, 0.2) is 33.8 Å². The topological polar surface area (TPSA) is 84.6 Å². The number of hydrogen-bond acceptors (Lipinski definition) is 5. The lowest BCUT2D eigenvalue weighted by molar-refractivity contribution is 0.223. The maximum atomic E-state index is 5.89. The number of rotatable bonds is 7. The average molecular weight is 331 g/mol. The van der Waals surface area contributed by atoms with Crippen molar-refractivity contribution < 1.29 is 9.26 Å². The summed E-state index contributed by atoms with van der Waals surface area (Å²) in [6, 6.07) is 8.02. The highest BCUT2D eigenvalue weighted by molar-refractivity contribution is 5.79. The highest BCUT2D eigenvalue weighted by Gasteiger charge is 2.07. The molecule has 1 aromatic carbocycles. The van der Waals surface area contributed by atoms with Crippen LogP contribution in [0.3, 0.4) is 0 Å². The Hall–Kier alpha value is -2.57. The number of hydrogen-bond donors (Lipinski definition) is 2. The minimum absolute atomic E-state index is 0.0175. The molecule has 0 amide bonds. The molecule has 0 aliphatic rings. The van der Waals surface area contributed by atoms with Crippen LogP contribution in [0.1, 0.15) is 24.2 Å². The van der Waals surface area contributed by atoms with Crippen molar-refractivity contribution in [3.63, 3.8) is 0 Å². The van der Waals surface area contributed by atoms with Gasteiger partial charge in [0.1, 0.15) is 11.9 Å². The largest absolute Gasteiger partial charge is 0.489 e. The standard InChI is InChI=1S/C17H25N5O2/c1-12-6-5-7-15(10-12)23-13(2)11-20-17(18-4)19-9-8-16-21-14(3)22-24-16/h5-7,10,13H,8-9,11H2,1-4H3,(H2,18,19,20). The van der Waals surface area contributed by atoms with E-state index in [1.54, 1.807) is 14.0 Å². The Morgan fingerprint density at radius 3 is 2.83 bits per heavy atom. The van der Waals surface area contributed by atoms with Gasteiger partial charge in [0.2, 0.25) is 5.89 Å². The second kappa shape index (κ2) is 8.90. The smallest absolute Gasteiger partial charge is 0.228 e. The fourth-order valence-electron chi connectivity index (χ4n) is 2.15. The van der Waals surface area contributed by atoms with E-state index in [2.05, 4.69) is 25.8 Å². The Balaban J connectivity index is 1.70. The monoisotopic (exact) mass is 331 g/mol. The van der Waals surface area contributed by atoms with E-state index in [0.29, 0.717) is 37.2 Å². The first-order valence-electron chi connectivity index (χ1n) is 8.04. The molecule has 0 fully saturated rings. The molecule has 0 aliphatic carbocycles. The van der Waals surface area contributed by atoms with Gasteiger partial charge in [0.15, 0.2) is 11.8 Å². The average Bonchev–Trinajstić information content (AvgIpc) is 2.96. The number of aromatic nitrogens is 2. The first-order chi connectivity index (χ1) is 11.6. The molecule has 2 N–H and O–H groups in total. The Morgan fingerprint density at radius 1 is 1.33 bits per heavy atom. The molecule has 0 bridgehead atoms. The summed E-state index contributed by atoms with van der Waals surface area (Å²) in [5.74, 6) is 2.85. The third-order valence-electron chi connectivity index (χ3n) is 3.31. The van der Waals surface area contributed by atoms with E-state index < -0.39 is 0 Å². The number of aryl methyl sites for hydroxylation is 2. The molecule has 24 heavy (non-hydrogen) atoms. The molecule has 1 atom stereocenters. The third-order valence-corrected chi connectivity index (χ3v) is 3.31. The van der Waals surface area contributed by atoms with Gasteiger partial charge in [-0.05, 0) is 38.5 Å². The molecular weight excluding hydrogens is 306 g/mol. The molecule has 2 rings (SSSR count). The maximum Gasteiger partial charge on any atom is 0.228 e. The summed E-state index contributed by atoms with van der Waals surface area (Å²) in [7, 11) is 1.73. The Bertz CT molecular complexity index is 669. The van der Waals surface area contributed by atoms with Crippen molar-refractivity contribution in [2.24, 2.45) is 4.99 Å². The van der Waals surface area contributed by atoms with Gasteiger partial charge in [-0.3, -0.25) is 4.99 Å². The van der Waals surface area contributed by atoms with Crippen molar-refractivity contribution in [3.05, 3.63) is 41.5 Å². The third kappa shape index (κ3) is 5.91. The van der Waals surface area contributed by atoms with Crippen molar-refractivity contribution in [1.29, 1.82) is 0 Å². The molecule has 0 saturated heterocycles. The molecule has 0 aliphatic heterocycles. The van der Waals surface area contributed by atoms with E-state index in [1.165, 1.54) is 5.56 Å². The summed E-state index contributed by atoms with van der Waals surface area (Å²) in [5.41, 5.74) is 1.18. The SMILES string of the molecule is CN=C(NCCc1nc(C)no1)NCC(C)Oc1cccc(C)c1. The highest BCUT2D eigenvalue weighted by atomic mass is 16.5. The minimum Gasteiger partial charge on any atom is -0.489 e. The molecule has 1 unspecified atom stereocenters. The fraction of sp³-hybridized carbons (Fsp3) is 0.471. The van der Waals surface area contributed by atoms with Gasteiger partial charge in [-0.15, -0.1) is 0 Å². The first-order valence-corrected chi connectivity index (χ1v) is 8.04. The van der Waals surface area contributed by atoms with Crippen LogP contribution in [0.4, 0.5) is 0 Å². The van der Waals surface area contributed by atoms with Crippen LogP contribution in [-0.4, -0.2) is 42.3 Å². The highest BCUT2D eigenvalue weighted by Crippen LogP contribution is 2.13. The number of ether oxygens (including phenoxy) is 1. The van der Waals surface area contributed by atoms with Crippen LogP contribution in [0.25, 0.3) is 0 Å². The van der Waals surface area contributed by atoms with E-state index in [4.69, 9.17) is 9.26 Å². The van der Waals surface area contributed by atoms with Crippen molar-refractivity contribution >= 4 is 5.96 Å². The lowest BCUT2D eigenvalue weighted by Crippen LogP contribution is -2.42. The number of benzene rings is 1. The predicted octanol–water partition coefficient (Wildman–Crippen LogP) is 1.86. The molecule has 7 nitrogen and oxygen atoms in total. The number of nitrogens with zero attached hydrogens (tertiary/aromatic N) is 3. The lowest BCUT2D eigenvalue weighted by atomic mass is 10.2. The van der Waals surface area contributed by atoms with E-state index in [-0.39, 0.29) is 6.10 Å². The zero-order chi connectivity index (χ0) is 17.4. The maximum absolute atomic E-state index is 5.89. The van der Waals surface area contributed by atoms with E-state index in [0.717, 1.165) is 5.75 Å². The summed E-state index contributed by atoms with van der Waals surface area (Å²) in [4.78, 5) is 8.35. The van der Waals surface area contributed by atoms with Gasteiger partial charge in [0, 0.05) is 20.0 Å². The molecule has 0 spiro atoms. The minimum atomic E-state index is 0.0175. The molecule has 7 heteroatoms. The van der Waals surface area contributed by atoms with E-state index in [9.17, 15) is 0 Å². The molecular formula is C17H25N5O2. The second-order valence-electron chi connectivity index (χ2n) is 5.61. The quantitative estimate of drug-likeness (QED) is 0.595. The number of guanidine groups is 1. The van der Waals surface area contributed by atoms with Crippen LogP contribution in [0.5, 0.6) is 5.75 Å². The zero-order valence-corrected chi connectivity index (χ0v) is 14.7. The normalized spacial score (nSPS) is 12.8. The summed E-state index contributed by atoms with van der Waals surface area (Å²) < 4.78 is 11.0. The van der Waals surface area contributed by atoms with Crippen molar-refractivity contribution in [2.45, 2.75) is 33.3 Å². The van der Waals surface area contributed by atoms with Gasteiger partial charge >= 0.3 is 0 Å². The van der Waals surface area contributed by atoms with Crippen molar-refractivity contribution in [3.8, 4) is 5.75 Å². The Labute approximate surface area is 142 Å². The van der Waals surface area contributed by atoms with Crippen LogP contribution < -0.4 is 15.4 Å². The van der Waals surface area contributed by atoms with Gasteiger partial charge in [0.05, 0.1) is 6.54 Å². The summed E-state index contributed by atoms with van der Waals surface area (Å²) in [6.07, 6.45) is 0.667. The first kappa shape index (κ1) is 17.8. The van der Waals surface area contributed by atoms with Crippen LogP contribution in [0, 0.1) is 13.8 Å². The van der Waals surface area contributed by atoms with Crippen LogP contribution >= 0.6 is 0 Å². The summed E-state index contributed by atoms with van der Waals surface area (Å²) >= 11 is 0. The Kier molecular flexibility index (Phi) is 6.60. The number of nitrogens with one attached hydrogen (secondary N) is 2. The van der Waals surface area contributed by atoms with Gasteiger partial charge in [-0.25, -0.2) is 0 Å². The Morgan fingerprint density at radius 2 is 2.17 bits per heavy atom. The number of aliphatic imine (C=N–C) groups is 1.